The second-order valence-corrected chi connectivity index (χ2v) is 5.06. The summed E-state index contributed by atoms with van der Waals surface area (Å²) in [7, 11) is 1.56. The maximum Gasteiger partial charge on any atom is 0.251 e. The van der Waals surface area contributed by atoms with Crippen LogP contribution in [0, 0.1) is 5.82 Å². The Bertz CT molecular complexity index is 758. The van der Waals surface area contributed by atoms with Crippen LogP contribution in [0.3, 0.4) is 0 Å². The van der Waals surface area contributed by atoms with E-state index in [9.17, 15) is 14.0 Å². The largest absolute Gasteiger partial charge is 0.355 e. The zero-order chi connectivity index (χ0) is 16.8. The number of anilines is 1. The van der Waals surface area contributed by atoms with Gasteiger partial charge in [-0.3, -0.25) is 9.59 Å². The molecule has 0 aliphatic rings. The minimum atomic E-state index is -0.545. The van der Waals surface area contributed by atoms with Gasteiger partial charge in [0, 0.05) is 24.4 Å². The fraction of sp³-hybridized carbons (Fsp3) is 0.0588. The first kappa shape index (κ1) is 16.7. The third kappa shape index (κ3) is 4.66. The van der Waals surface area contributed by atoms with E-state index in [1.807, 2.05) is 0 Å². The van der Waals surface area contributed by atoms with E-state index in [2.05, 4.69) is 10.6 Å². The van der Waals surface area contributed by atoms with Crippen molar-refractivity contribution in [2.75, 3.05) is 12.4 Å². The molecule has 0 bridgehead atoms. The zero-order valence-electron chi connectivity index (χ0n) is 12.3. The Labute approximate surface area is 138 Å². The highest BCUT2D eigenvalue weighted by Crippen LogP contribution is 2.19. The molecule has 2 amide bonds. The van der Waals surface area contributed by atoms with Gasteiger partial charge in [0.15, 0.2) is 0 Å². The topological polar surface area (TPSA) is 58.2 Å². The lowest BCUT2D eigenvalue weighted by Crippen LogP contribution is -2.17. The summed E-state index contributed by atoms with van der Waals surface area (Å²) in [5.74, 6) is -1.09. The monoisotopic (exact) mass is 332 g/mol. The van der Waals surface area contributed by atoms with Gasteiger partial charge in [-0.05, 0) is 42.0 Å². The van der Waals surface area contributed by atoms with Crippen LogP contribution in [-0.4, -0.2) is 18.9 Å². The summed E-state index contributed by atoms with van der Waals surface area (Å²) in [4.78, 5) is 23.2. The Morgan fingerprint density at radius 1 is 1.13 bits per heavy atom. The quantitative estimate of drug-likeness (QED) is 0.842. The molecule has 0 heterocycles. The number of hydrogen-bond acceptors (Lipinski definition) is 2. The SMILES string of the molecule is CNC(=O)c1ccc(/C=C/C(=O)Nc2ccc(F)c(Cl)c2)cc1. The third-order valence-electron chi connectivity index (χ3n) is 3.01. The smallest absolute Gasteiger partial charge is 0.251 e. The van der Waals surface area contributed by atoms with Crippen LogP contribution in [0.25, 0.3) is 6.08 Å². The van der Waals surface area contributed by atoms with E-state index in [0.29, 0.717) is 11.3 Å². The lowest BCUT2D eigenvalue weighted by atomic mass is 10.1. The molecule has 2 aromatic carbocycles. The Morgan fingerprint density at radius 2 is 1.83 bits per heavy atom. The van der Waals surface area contributed by atoms with Gasteiger partial charge in [-0.15, -0.1) is 0 Å². The predicted molar refractivity (Wildman–Crippen MR) is 88.9 cm³/mol. The molecule has 4 nitrogen and oxygen atoms in total. The number of carbonyl (C=O) groups excluding carboxylic acids is 2. The highest BCUT2D eigenvalue weighted by atomic mass is 35.5. The maximum atomic E-state index is 13.0. The number of rotatable bonds is 4. The average molecular weight is 333 g/mol. The van der Waals surface area contributed by atoms with E-state index in [-0.39, 0.29) is 16.8 Å². The highest BCUT2D eigenvalue weighted by Gasteiger charge is 2.04. The number of hydrogen-bond donors (Lipinski definition) is 2. The minimum Gasteiger partial charge on any atom is -0.355 e. The van der Waals surface area contributed by atoms with Crippen LogP contribution in [-0.2, 0) is 4.79 Å². The summed E-state index contributed by atoms with van der Waals surface area (Å²) < 4.78 is 13.0. The van der Waals surface area contributed by atoms with Crippen molar-refractivity contribution in [2.45, 2.75) is 0 Å². The average Bonchev–Trinajstić information content (AvgIpc) is 2.56. The molecule has 0 fully saturated rings. The second-order valence-electron chi connectivity index (χ2n) is 4.65. The van der Waals surface area contributed by atoms with E-state index in [0.717, 1.165) is 5.56 Å². The Balaban J connectivity index is 2.00. The van der Waals surface area contributed by atoms with Crippen molar-refractivity contribution in [1.82, 2.24) is 5.32 Å². The lowest BCUT2D eigenvalue weighted by molar-refractivity contribution is -0.111. The molecule has 0 saturated carbocycles. The summed E-state index contributed by atoms with van der Waals surface area (Å²) in [6.07, 6.45) is 2.94. The van der Waals surface area contributed by atoms with Crippen molar-refractivity contribution in [1.29, 1.82) is 0 Å². The Morgan fingerprint density at radius 3 is 2.43 bits per heavy atom. The molecule has 0 radical (unpaired) electrons. The van der Waals surface area contributed by atoms with Gasteiger partial charge in [-0.25, -0.2) is 4.39 Å². The summed E-state index contributed by atoms with van der Waals surface area (Å²) in [6, 6.07) is 10.7. The van der Waals surface area contributed by atoms with Crippen molar-refractivity contribution < 1.29 is 14.0 Å². The van der Waals surface area contributed by atoms with Crippen LogP contribution in [0.2, 0.25) is 5.02 Å². The maximum absolute atomic E-state index is 13.0. The van der Waals surface area contributed by atoms with Crippen molar-refractivity contribution in [3.63, 3.8) is 0 Å². The first-order valence-electron chi connectivity index (χ1n) is 6.76. The predicted octanol–water partition coefficient (Wildman–Crippen LogP) is 3.49. The third-order valence-corrected chi connectivity index (χ3v) is 3.30. The molecule has 2 N–H and O–H groups in total. The number of halogens is 2. The van der Waals surface area contributed by atoms with Gasteiger partial charge in [0.2, 0.25) is 5.91 Å². The van der Waals surface area contributed by atoms with Crippen molar-refractivity contribution in [3.05, 3.63) is 70.5 Å². The van der Waals surface area contributed by atoms with Gasteiger partial charge in [0.05, 0.1) is 5.02 Å². The van der Waals surface area contributed by atoms with Gasteiger partial charge >= 0.3 is 0 Å². The molecule has 2 aromatic rings. The lowest BCUT2D eigenvalue weighted by Gasteiger charge is -2.03. The molecule has 0 atom stereocenters. The molecule has 118 valence electrons. The van der Waals surface area contributed by atoms with Crippen LogP contribution in [0.4, 0.5) is 10.1 Å². The molecule has 0 aromatic heterocycles. The van der Waals surface area contributed by atoms with E-state index >= 15 is 0 Å². The van der Waals surface area contributed by atoms with Gasteiger partial charge in [0.1, 0.15) is 5.82 Å². The van der Waals surface area contributed by atoms with Crippen molar-refractivity contribution in [2.24, 2.45) is 0 Å². The van der Waals surface area contributed by atoms with Crippen LogP contribution in [0.1, 0.15) is 15.9 Å². The normalized spacial score (nSPS) is 10.6. The fourth-order valence-corrected chi connectivity index (χ4v) is 2.00. The van der Waals surface area contributed by atoms with Crippen LogP contribution < -0.4 is 10.6 Å². The molecular weight excluding hydrogens is 319 g/mol. The number of carbonyl (C=O) groups is 2. The number of benzene rings is 2. The van der Waals surface area contributed by atoms with Gasteiger partial charge in [-0.2, -0.15) is 0 Å². The molecule has 0 saturated heterocycles. The summed E-state index contributed by atoms with van der Waals surface area (Å²) >= 11 is 5.65. The Hall–Kier alpha value is -2.66. The molecular formula is C17H14ClFN2O2. The number of nitrogens with one attached hydrogen (secondary N) is 2. The first-order valence-corrected chi connectivity index (χ1v) is 7.13. The van der Waals surface area contributed by atoms with E-state index in [1.165, 1.54) is 24.3 Å². The van der Waals surface area contributed by atoms with Gasteiger partial charge in [0.25, 0.3) is 5.91 Å². The molecule has 0 unspecified atom stereocenters. The zero-order valence-corrected chi connectivity index (χ0v) is 13.0. The van der Waals surface area contributed by atoms with E-state index in [1.54, 1.807) is 37.4 Å². The standard InChI is InChI=1S/C17H14ClFN2O2/c1-20-17(23)12-5-2-11(3-6-12)4-9-16(22)21-13-7-8-15(19)14(18)10-13/h2-10H,1H3,(H,20,23)(H,21,22)/b9-4+. The van der Waals surface area contributed by atoms with Gasteiger partial charge < -0.3 is 10.6 Å². The molecule has 0 spiro atoms. The summed E-state index contributed by atoms with van der Waals surface area (Å²) in [5, 5.41) is 5.05. The molecule has 6 heteroatoms. The number of amides is 2. The Kier molecular flexibility index (Phi) is 5.49. The van der Waals surface area contributed by atoms with E-state index in [4.69, 9.17) is 11.6 Å². The molecule has 23 heavy (non-hydrogen) atoms. The molecule has 0 aliphatic heterocycles. The second kappa shape index (κ2) is 7.56. The molecule has 2 rings (SSSR count). The fourth-order valence-electron chi connectivity index (χ4n) is 1.82. The van der Waals surface area contributed by atoms with Crippen molar-refractivity contribution >= 4 is 35.2 Å². The first-order chi connectivity index (χ1) is 11.0. The van der Waals surface area contributed by atoms with Gasteiger partial charge in [-0.1, -0.05) is 23.7 Å². The van der Waals surface area contributed by atoms with Crippen LogP contribution in [0.15, 0.2) is 48.5 Å². The van der Waals surface area contributed by atoms with Crippen molar-refractivity contribution in [3.8, 4) is 0 Å². The van der Waals surface area contributed by atoms with Crippen LogP contribution in [0.5, 0.6) is 0 Å². The van der Waals surface area contributed by atoms with Crippen LogP contribution >= 0.6 is 11.6 Å². The highest BCUT2D eigenvalue weighted by molar-refractivity contribution is 6.31. The van der Waals surface area contributed by atoms with E-state index < -0.39 is 5.82 Å². The minimum absolute atomic E-state index is 0.0587. The summed E-state index contributed by atoms with van der Waals surface area (Å²) in [6.45, 7) is 0. The summed E-state index contributed by atoms with van der Waals surface area (Å²) in [5.41, 5.74) is 1.71. The molecule has 0 aliphatic carbocycles.